The van der Waals surface area contributed by atoms with Gasteiger partial charge in [0.25, 0.3) is 0 Å². The molecule has 0 amide bonds. The number of hydrogen-bond acceptors (Lipinski definition) is 4. The SMILES string of the molecule is CCCCCCC(=NO)c1ccc2c(c1)C(CC)(CC)c1cc(C(CC)=NO)ccc1-2. The fraction of sp³-hybridized carbons (Fsp3) is 0.481. The van der Waals surface area contributed by atoms with E-state index in [1.165, 1.54) is 35.1 Å². The van der Waals surface area contributed by atoms with Crippen molar-refractivity contribution in [3.05, 3.63) is 58.7 Å². The number of unbranched alkanes of at least 4 members (excludes halogenated alkanes) is 3. The summed E-state index contributed by atoms with van der Waals surface area (Å²) in [6.45, 7) is 8.70. The lowest BCUT2D eigenvalue weighted by Crippen LogP contribution is -2.24. The number of fused-ring (bicyclic) bond motifs is 3. The van der Waals surface area contributed by atoms with Crippen molar-refractivity contribution < 1.29 is 10.4 Å². The Balaban J connectivity index is 2.06. The molecule has 0 unspecified atom stereocenters. The van der Waals surface area contributed by atoms with E-state index in [0.717, 1.165) is 48.9 Å². The molecule has 3 rings (SSSR count). The fourth-order valence-electron chi connectivity index (χ4n) is 5.17. The second kappa shape index (κ2) is 10.1. The van der Waals surface area contributed by atoms with E-state index in [2.05, 4.69) is 67.5 Å². The zero-order valence-corrected chi connectivity index (χ0v) is 19.4. The quantitative estimate of drug-likeness (QED) is 0.181. The maximum atomic E-state index is 9.71. The number of nitrogens with zero attached hydrogens (tertiary/aromatic N) is 2. The van der Waals surface area contributed by atoms with Crippen LogP contribution < -0.4 is 0 Å². The first-order valence-electron chi connectivity index (χ1n) is 11.8. The van der Waals surface area contributed by atoms with E-state index >= 15 is 0 Å². The van der Waals surface area contributed by atoms with Crippen LogP contribution in [0.3, 0.4) is 0 Å². The molecule has 0 atom stereocenters. The van der Waals surface area contributed by atoms with Crippen molar-refractivity contribution >= 4 is 11.4 Å². The van der Waals surface area contributed by atoms with E-state index in [-0.39, 0.29) is 5.41 Å². The lowest BCUT2D eigenvalue weighted by atomic mass is 9.73. The summed E-state index contributed by atoms with van der Waals surface area (Å²) in [5, 5.41) is 26.3. The van der Waals surface area contributed by atoms with Gasteiger partial charge in [-0.15, -0.1) is 0 Å². The molecule has 0 saturated carbocycles. The molecule has 31 heavy (non-hydrogen) atoms. The molecule has 166 valence electrons. The van der Waals surface area contributed by atoms with Gasteiger partial charge in [0.1, 0.15) is 0 Å². The Labute approximate surface area is 186 Å². The molecule has 0 aromatic heterocycles. The van der Waals surface area contributed by atoms with Crippen molar-refractivity contribution in [1.82, 2.24) is 0 Å². The largest absolute Gasteiger partial charge is 0.411 e. The summed E-state index contributed by atoms with van der Waals surface area (Å²) in [5.41, 5.74) is 8.54. The van der Waals surface area contributed by atoms with Gasteiger partial charge in [-0.05, 0) is 77.6 Å². The van der Waals surface area contributed by atoms with Gasteiger partial charge in [0.05, 0.1) is 11.4 Å². The molecule has 0 fully saturated rings. The van der Waals surface area contributed by atoms with Gasteiger partial charge in [0.2, 0.25) is 0 Å². The van der Waals surface area contributed by atoms with E-state index in [9.17, 15) is 10.4 Å². The van der Waals surface area contributed by atoms with Crippen molar-refractivity contribution in [3.63, 3.8) is 0 Å². The maximum absolute atomic E-state index is 9.71. The molecule has 0 saturated heterocycles. The average Bonchev–Trinajstić information content (AvgIpc) is 3.09. The Hall–Kier alpha value is -2.62. The van der Waals surface area contributed by atoms with E-state index in [1.807, 2.05) is 6.92 Å². The summed E-state index contributed by atoms with van der Waals surface area (Å²) in [5.74, 6) is 0. The van der Waals surface area contributed by atoms with Gasteiger partial charge >= 0.3 is 0 Å². The molecule has 2 N–H and O–H groups in total. The van der Waals surface area contributed by atoms with Crippen molar-refractivity contribution in [2.75, 3.05) is 0 Å². The van der Waals surface area contributed by atoms with E-state index < -0.39 is 0 Å². The van der Waals surface area contributed by atoms with Gasteiger partial charge in [0, 0.05) is 5.41 Å². The third-order valence-corrected chi connectivity index (χ3v) is 7.08. The minimum atomic E-state index is -0.0895. The van der Waals surface area contributed by atoms with E-state index in [4.69, 9.17) is 0 Å². The molecule has 0 aliphatic heterocycles. The highest BCUT2D eigenvalue weighted by Gasteiger charge is 2.41. The molecule has 0 bridgehead atoms. The standard InChI is InChI=1S/C27H36N2O2/c1-5-9-10-11-12-26(29-31)20-14-16-22-21-15-13-19(25(6-2)28-30)17-23(21)27(7-3,8-4)24(22)18-20/h13-18,30-31H,5-12H2,1-4H3. The van der Waals surface area contributed by atoms with Crippen LogP contribution in [0, 0.1) is 0 Å². The molecule has 1 aliphatic rings. The fourth-order valence-corrected chi connectivity index (χ4v) is 5.17. The molecule has 2 aromatic rings. The van der Waals surface area contributed by atoms with Crippen LogP contribution >= 0.6 is 0 Å². The normalized spacial score (nSPS) is 15.1. The summed E-state index contributed by atoms with van der Waals surface area (Å²) in [6.07, 6.45) is 8.06. The van der Waals surface area contributed by atoms with Crippen LogP contribution in [0.15, 0.2) is 46.7 Å². The van der Waals surface area contributed by atoms with Crippen molar-refractivity contribution in [3.8, 4) is 11.1 Å². The minimum Gasteiger partial charge on any atom is -0.411 e. The van der Waals surface area contributed by atoms with Gasteiger partial charge in [-0.1, -0.05) is 81.5 Å². The minimum absolute atomic E-state index is 0.0895. The highest BCUT2D eigenvalue weighted by molar-refractivity contribution is 6.03. The third-order valence-electron chi connectivity index (χ3n) is 7.08. The summed E-state index contributed by atoms with van der Waals surface area (Å²) < 4.78 is 0. The van der Waals surface area contributed by atoms with E-state index in [0.29, 0.717) is 12.1 Å². The van der Waals surface area contributed by atoms with Crippen LogP contribution in [0.5, 0.6) is 0 Å². The number of rotatable bonds is 10. The van der Waals surface area contributed by atoms with Gasteiger partial charge in [-0.2, -0.15) is 0 Å². The number of benzene rings is 2. The first kappa shape index (κ1) is 23.1. The molecule has 2 aromatic carbocycles. The Morgan fingerprint density at radius 1 is 0.742 bits per heavy atom. The zero-order valence-electron chi connectivity index (χ0n) is 19.4. The van der Waals surface area contributed by atoms with Crippen LogP contribution in [-0.4, -0.2) is 21.8 Å². The van der Waals surface area contributed by atoms with E-state index in [1.54, 1.807) is 0 Å². The lowest BCUT2D eigenvalue weighted by molar-refractivity contribution is 0.317. The second-order valence-electron chi connectivity index (χ2n) is 8.57. The molecule has 4 heteroatoms. The predicted molar refractivity (Wildman–Crippen MR) is 129 cm³/mol. The Morgan fingerprint density at radius 2 is 1.29 bits per heavy atom. The monoisotopic (exact) mass is 420 g/mol. The molecule has 0 spiro atoms. The summed E-state index contributed by atoms with van der Waals surface area (Å²) in [6, 6.07) is 13.0. The van der Waals surface area contributed by atoms with Gasteiger partial charge in [-0.3, -0.25) is 0 Å². The third kappa shape index (κ3) is 4.13. The first-order valence-corrected chi connectivity index (χ1v) is 11.8. The topological polar surface area (TPSA) is 65.2 Å². The lowest BCUT2D eigenvalue weighted by Gasteiger charge is -2.30. The maximum Gasteiger partial charge on any atom is 0.0867 e. The molecular weight excluding hydrogens is 384 g/mol. The zero-order chi connectivity index (χ0) is 22.4. The Bertz CT molecular complexity index is 971. The molecule has 1 aliphatic carbocycles. The van der Waals surface area contributed by atoms with Gasteiger partial charge < -0.3 is 10.4 Å². The summed E-state index contributed by atoms with van der Waals surface area (Å²) >= 11 is 0. The Morgan fingerprint density at radius 3 is 1.74 bits per heavy atom. The summed E-state index contributed by atoms with van der Waals surface area (Å²) in [4.78, 5) is 0. The average molecular weight is 421 g/mol. The number of hydrogen-bond donors (Lipinski definition) is 2. The van der Waals surface area contributed by atoms with Crippen LogP contribution in [-0.2, 0) is 5.41 Å². The second-order valence-corrected chi connectivity index (χ2v) is 8.57. The molecule has 4 nitrogen and oxygen atoms in total. The predicted octanol–water partition coefficient (Wildman–Crippen LogP) is 7.51. The molecule has 0 radical (unpaired) electrons. The van der Waals surface area contributed by atoms with Crippen LogP contribution in [0.2, 0.25) is 0 Å². The first-order chi connectivity index (χ1) is 15.1. The molecular formula is C27H36N2O2. The smallest absolute Gasteiger partial charge is 0.0867 e. The van der Waals surface area contributed by atoms with Crippen LogP contribution in [0.4, 0.5) is 0 Å². The highest BCUT2D eigenvalue weighted by Crippen LogP contribution is 2.53. The van der Waals surface area contributed by atoms with Crippen molar-refractivity contribution in [2.45, 2.75) is 84.5 Å². The number of oxime groups is 2. The van der Waals surface area contributed by atoms with Crippen LogP contribution in [0.25, 0.3) is 11.1 Å². The van der Waals surface area contributed by atoms with Gasteiger partial charge in [-0.25, -0.2) is 0 Å². The molecule has 0 heterocycles. The van der Waals surface area contributed by atoms with Crippen molar-refractivity contribution in [2.24, 2.45) is 10.3 Å². The van der Waals surface area contributed by atoms with Crippen molar-refractivity contribution in [1.29, 1.82) is 0 Å². The summed E-state index contributed by atoms with van der Waals surface area (Å²) in [7, 11) is 0. The Kier molecular flexibility index (Phi) is 7.53. The van der Waals surface area contributed by atoms with Crippen LogP contribution in [0.1, 0.15) is 101 Å². The highest BCUT2D eigenvalue weighted by atomic mass is 16.4. The van der Waals surface area contributed by atoms with Gasteiger partial charge in [0.15, 0.2) is 0 Å².